The van der Waals surface area contributed by atoms with Crippen LogP contribution in [0.3, 0.4) is 0 Å². The molecule has 0 saturated heterocycles. The van der Waals surface area contributed by atoms with Crippen LogP contribution in [0.25, 0.3) is 0 Å². The number of nitrogens with zero attached hydrogens (tertiary/aromatic N) is 1. The topological polar surface area (TPSA) is 106 Å². The van der Waals surface area contributed by atoms with E-state index in [1.54, 1.807) is 0 Å². The van der Waals surface area contributed by atoms with Gasteiger partial charge < -0.3 is 28.8 Å². The van der Waals surface area contributed by atoms with Gasteiger partial charge in [0.25, 0.3) is 0 Å². The first kappa shape index (κ1) is 19.8. The Balaban J connectivity index is -0.000000150. The smallest absolute Gasteiger partial charge is 0.822 e. The Kier molecular flexibility index (Phi) is 13.1. The molecule has 0 aromatic rings. The standard InChI is InChI=1S/C5H14NO.Ca.H3O4P/c1-6(2,3)4-5-7;;1-5(2,3)4/h7H,4-5H2,1-3H3;;(H3,1,2,3,4)/q+1;+2;/p-3. The van der Waals surface area contributed by atoms with E-state index in [1.165, 1.54) is 0 Å². The second-order valence-corrected chi connectivity index (χ2v) is 4.08. The number of aliphatic hydroxyl groups excluding tert-OH is 1. The molecule has 0 fully saturated rings. The molecule has 76 valence electrons. The molecule has 0 unspecified atom stereocenters. The first-order chi connectivity index (χ1) is 5.06. The van der Waals surface area contributed by atoms with E-state index >= 15 is 0 Å². The summed E-state index contributed by atoms with van der Waals surface area (Å²) in [5.41, 5.74) is 0. The summed E-state index contributed by atoms with van der Waals surface area (Å²) in [5, 5.41) is 8.39. The van der Waals surface area contributed by atoms with Gasteiger partial charge in [0.15, 0.2) is 0 Å². The molecule has 1 N–H and O–H groups in total. The molecule has 0 bridgehead atoms. The van der Waals surface area contributed by atoms with Gasteiger partial charge in [-0.1, -0.05) is 0 Å². The molecule has 8 heteroatoms. The van der Waals surface area contributed by atoms with Crippen molar-refractivity contribution in [1.29, 1.82) is 0 Å². The minimum Gasteiger partial charge on any atom is -0.822 e. The van der Waals surface area contributed by atoms with Crippen molar-refractivity contribution in [2.45, 2.75) is 0 Å². The van der Waals surface area contributed by atoms with Gasteiger partial charge in [0.05, 0.1) is 27.7 Å². The van der Waals surface area contributed by atoms with Crippen LogP contribution in [0, 0.1) is 0 Å². The van der Waals surface area contributed by atoms with Crippen LogP contribution in [0.4, 0.5) is 0 Å². The normalized spacial score (nSPS) is 11.0. The second-order valence-electron chi connectivity index (χ2n) is 3.18. The molecule has 13 heavy (non-hydrogen) atoms. The molecule has 0 atom stereocenters. The van der Waals surface area contributed by atoms with Crippen molar-refractivity contribution in [2.24, 2.45) is 0 Å². The van der Waals surface area contributed by atoms with E-state index in [0.717, 1.165) is 11.0 Å². The average molecular weight is 239 g/mol. The fourth-order valence-electron chi connectivity index (χ4n) is 0.300. The van der Waals surface area contributed by atoms with E-state index in [2.05, 4.69) is 21.1 Å². The van der Waals surface area contributed by atoms with Gasteiger partial charge >= 0.3 is 37.7 Å². The Morgan fingerprint density at radius 3 is 1.46 bits per heavy atom. The monoisotopic (exact) mass is 239 g/mol. The number of phosphoric acid groups is 1. The molecule has 0 saturated carbocycles. The number of hydrogen-bond donors (Lipinski definition) is 1. The molecular formula is C5H14CaNO5P. The maximum absolute atomic E-state index is 8.55. The predicted molar refractivity (Wildman–Crippen MR) is 43.3 cm³/mol. The van der Waals surface area contributed by atoms with Crippen molar-refractivity contribution in [3.05, 3.63) is 0 Å². The summed E-state index contributed by atoms with van der Waals surface area (Å²) in [6, 6.07) is 0. The fourth-order valence-corrected chi connectivity index (χ4v) is 0.300. The van der Waals surface area contributed by atoms with Crippen LogP contribution in [0.1, 0.15) is 0 Å². The summed E-state index contributed by atoms with van der Waals surface area (Å²) in [6.45, 7) is 1.11. The van der Waals surface area contributed by atoms with Crippen LogP contribution in [-0.4, -0.2) is 81.6 Å². The maximum Gasteiger partial charge on any atom is 2.00 e. The zero-order valence-corrected chi connectivity index (χ0v) is 11.2. The van der Waals surface area contributed by atoms with E-state index in [0.29, 0.717) is 0 Å². The molecule has 0 amide bonds. The molecule has 0 aromatic heterocycles. The largest absolute Gasteiger partial charge is 2.00 e. The van der Waals surface area contributed by atoms with Gasteiger partial charge in [-0.2, -0.15) is 7.82 Å². The maximum atomic E-state index is 8.55. The predicted octanol–water partition coefficient (Wildman–Crippen LogP) is -3.52. The van der Waals surface area contributed by atoms with Crippen LogP contribution in [0.15, 0.2) is 0 Å². The number of quaternary nitrogens is 1. The van der Waals surface area contributed by atoms with Crippen LogP contribution in [0.5, 0.6) is 0 Å². The van der Waals surface area contributed by atoms with Crippen molar-refractivity contribution >= 4 is 45.6 Å². The minimum absolute atomic E-state index is 0. The number of aliphatic hydroxyl groups is 1. The zero-order chi connectivity index (χ0) is 10.4. The minimum atomic E-state index is -5.39. The Bertz CT molecular complexity index is 145. The van der Waals surface area contributed by atoms with Gasteiger partial charge in [-0.15, -0.1) is 0 Å². The molecule has 0 aliphatic rings. The van der Waals surface area contributed by atoms with Crippen molar-refractivity contribution in [2.75, 3.05) is 34.3 Å². The van der Waals surface area contributed by atoms with Gasteiger partial charge in [-0.05, 0) is 0 Å². The second kappa shape index (κ2) is 8.59. The van der Waals surface area contributed by atoms with E-state index in [4.69, 9.17) is 24.4 Å². The van der Waals surface area contributed by atoms with Crippen LogP contribution in [0.2, 0.25) is 0 Å². The molecule has 0 aromatic carbocycles. The van der Waals surface area contributed by atoms with Gasteiger partial charge in [0.2, 0.25) is 0 Å². The molecular weight excluding hydrogens is 225 g/mol. The number of rotatable bonds is 2. The van der Waals surface area contributed by atoms with Crippen LogP contribution >= 0.6 is 7.82 Å². The molecule has 0 aliphatic heterocycles. The van der Waals surface area contributed by atoms with Crippen molar-refractivity contribution in [3.8, 4) is 0 Å². The third-order valence-corrected chi connectivity index (χ3v) is 0.771. The van der Waals surface area contributed by atoms with E-state index in [1.807, 2.05) is 0 Å². The van der Waals surface area contributed by atoms with Gasteiger partial charge in [-0.25, -0.2) is 0 Å². The first-order valence-electron chi connectivity index (χ1n) is 3.20. The fraction of sp³-hybridized carbons (Fsp3) is 1.00. The average Bonchev–Trinajstić information content (AvgIpc) is 1.54. The van der Waals surface area contributed by atoms with Gasteiger partial charge in [0, 0.05) is 0 Å². The molecule has 6 nitrogen and oxygen atoms in total. The van der Waals surface area contributed by atoms with E-state index in [9.17, 15) is 0 Å². The Morgan fingerprint density at radius 2 is 1.46 bits per heavy atom. The zero-order valence-electron chi connectivity index (χ0n) is 8.10. The van der Waals surface area contributed by atoms with Crippen molar-refractivity contribution in [3.63, 3.8) is 0 Å². The van der Waals surface area contributed by atoms with Crippen LogP contribution < -0.4 is 14.7 Å². The summed E-state index contributed by atoms with van der Waals surface area (Å²) in [4.78, 5) is 25.6. The Labute approximate surface area is 108 Å². The van der Waals surface area contributed by atoms with Gasteiger partial charge in [0.1, 0.15) is 6.54 Å². The summed E-state index contributed by atoms with van der Waals surface area (Å²) in [7, 11) is 0.767. The quantitative estimate of drug-likeness (QED) is 0.305. The third kappa shape index (κ3) is 60.5. The van der Waals surface area contributed by atoms with Gasteiger partial charge in [-0.3, -0.25) is 0 Å². The first-order valence-corrected chi connectivity index (χ1v) is 4.66. The molecule has 0 rings (SSSR count). The Hall–Kier alpha value is 1.29. The van der Waals surface area contributed by atoms with Crippen molar-refractivity contribution < 1.29 is 28.8 Å². The molecule has 0 heterocycles. The summed E-state index contributed by atoms with van der Waals surface area (Å²) in [6.07, 6.45) is 0. The van der Waals surface area contributed by atoms with Crippen LogP contribution in [-0.2, 0) is 4.57 Å². The molecule has 0 spiro atoms. The van der Waals surface area contributed by atoms with Crippen molar-refractivity contribution in [1.82, 2.24) is 0 Å². The van der Waals surface area contributed by atoms with E-state index in [-0.39, 0.29) is 44.3 Å². The Morgan fingerprint density at radius 1 is 1.23 bits per heavy atom. The third-order valence-electron chi connectivity index (χ3n) is 0.771. The number of hydrogen-bond acceptors (Lipinski definition) is 5. The number of likely N-dealkylation sites (N-methyl/N-ethyl adjacent to an activating group) is 1. The summed E-state index contributed by atoms with van der Waals surface area (Å²) < 4.78 is 9.39. The SMILES string of the molecule is C[N+](C)(C)CCO.O=P([O-])([O-])[O-].[Ca+2]. The molecule has 0 radical (unpaired) electrons. The molecule has 0 aliphatic carbocycles. The van der Waals surface area contributed by atoms with E-state index < -0.39 is 7.82 Å². The summed E-state index contributed by atoms with van der Waals surface area (Å²) >= 11 is 0. The summed E-state index contributed by atoms with van der Waals surface area (Å²) in [5.74, 6) is 0.